The van der Waals surface area contributed by atoms with E-state index >= 15 is 0 Å². The molecule has 21 heavy (non-hydrogen) atoms. The van der Waals surface area contributed by atoms with Crippen LogP contribution >= 0.6 is 11.3 Å². The van der Waals surface area contributed by atoms with Gasteiger partial charge in [0.1, 0.15) is 5.75 Å². The molecule has 0 bridgehead atoms. The number of ether oxygens (including phenoxy) is 1. The molecule has 1 aromatic carbocycles. The summed E-state index contributed by atoms with van der Waals surface area (Å²) in [6.45, 7) is 1.28. The van der Waals surface area contributed by atoms with E-state index in [1.165, 1.54) is 31.2 Å². The number of hydrogen-bond donors (Lipinski definition) is 1. The van der Waals surface area contributed by atoms with Crippen LogP contribution < -0.4 is 10.1 Å². The van der Waals surface area contributed by atoms with Crippen LogP contribution in [0.15, 0.2) is 34.7 Å². The molecule has 0 spiro atoms. The molecule has 9 heteroatoms. The highest BCUT2D eigenvalue weighted by atomic mass is 32.2. The summed E-state index contributed by atoms with van der Waals surface area (Å²) in [5.74, 6) is -0.563. The lowest BCUT2D eigenvalue weighted by atomic mass is 10.2. The van der Waals surface area contributed by atoms with Crippen molar-refractivity contribution in [3.63, 3.8) is 0 Å². The molecule has 1 N–H and O–H groups in total. The van der Waals surface area contributed by atoms with Crippen molar-refractivity contribution >= 4 is 39.4 Å². The third kappa shape index (κ3) is 4.18. The lowest BCUT2D eigenvalue weighted by Gasteiger charge is -2.04. The Bertz CT molecular complexity index is 696. The molecule has 1 atom stereocenters. The molecule has 2 aromatic rings. The summed E-state index contributed by atoms with van der Waals surface area (Å²) in [7, 11) is 0. The fourth-order valence-electron chi connectivity index (χ4n) is 1.40. The summed E-state index contributed by atoms with van der Waals surface area (Å²) < 4.78 is 26.3. The minimum Gasteiger partial charge on any atom is -0.768 e. The van der Waals surface area contributed by atoms with Gasteiger partial charge < -0.3 is 9.29 Å². The van der Waals surface area contributed by atoms with Crippen molar-refractivity contribution in [3.8, 4) is 5.75 Å². The van der Waals surface area contributed by atoms with E-state index in [1.807, 2.05) is 0 Å². The molecule has 0 radical (unpaired) electrons. The number of aromatic nitrogens is 1. The number of carbonyl (C=O) groups excluding carboxylic acids is 2. The van der Waals surface area contributed by atoms with E-state index in [9.17, 15) is 18.4 Å². The van der Waals surface area contributed by atoms with Crippen molar-refractivity contribution in [2.24, 2.45) is 0 Å². The van der Waals surface area contributed by atoms with E-state index in [0.29, 0.717) is 11.3 Å². The summed E-state index contributed by atoms with van der Waals surface area (Å²) >= 11 is -1.52. The molecule has 1 unspecified atom stereocenters. The molecule has 0 fully saturated rings. The third-order valence-corrected chi connectivity index (χ3v) is 4.05. The van der Waals surface area contributed by atoms with E-state index in [1.54, 1.807) is 0 Å². The summed E-state index contributed by atoms with van der Waals surface area (Å²) in [4.78, 5) is 26.5. The summed E-state index contributed by atoms with van der Waals surface area (Å²) in [6.07, 6.45) is 1.16. The first-order valence-electron chi connectivity index (χ1n) is 5.60. The Hall–Kier alpha value is -2.10. The van der Waals surface area contributed by atoms with Crippen molar-refractivity contribution in [1.29, 1.82) is 0 Å². The van der Waals surface area contributed by atoms with Gasteiger partial charge >= 0.3 is 5.97 Å². The summed E-state index contributed by atoms with van der Waals surface area (Å²) in [6, 6.07) is 5.92. The number of rotatable bonds is 4. The normalized spacial score (nSPS) is 11.7. The first kappa shape index (κ1) is 15.3. The molecule has 0 aliphatic rings. The fraction of sp³-hybridized carbons (Fsp3) is 0.0833. The number of esters is 1. The number of thiazole rings is 1. The van der Waals surface area contributed by atoms with Crippen molar-refractivity contribution in [3.05, 3.63) is 36.0 Å². The average Bonchev–Trinajstić information content (AvgIpc) is 2.87. The fourth-order valence-corrected chi connectivity index (χ4v) is 2.60. The molecule has 1 aromatic heterocycles. The highest BCUT2D eigenvalue weighted by Crippen LogP contribution is 2.21. The van der Waals surface area contributed by atoms with E-state index in [2.05, 4.69) is 10.3 Å². The minimum atomic E-state index is -2.37. The topological polar surface area (TPSA) is 108 Å². The Morgan fingerprint density at radius 1 is 1.33 bits per heavy atom. The molecule has 0 saturated heterocycles. The van der Waals surface area contributed by atoms with Crippen LogP contribution in [-0.4, -0.2) is 25.6 Å². The SMILES string of the molecule is CC(=O)Oc1ccc(C(=O)Nc2ncc(S(=O)[O-])s2)cc1. The monoisotopic (exact) mass is 325 g/mol. The van der Waals surface area contributed by atoms with Crippen LogP contribution in [0.25, 0.3) is 0 Å². The van der Waals surface area contributed by atoms with Gasteiger partial charge in [0.2, 0.25) is 0 Å². The van der Waals surface area contributed by atoms with Crippen LogP contribution in [0, 0.1) is 0 Å². The maximum atomic E-state index is 11.9. The number of nitrogens with one attached hydrogen (secondary N) is 1. The maximum absolute atomic E-state index is 11.9. The smallest absolute Gasteiger partial charge is 0.308 e. The first-order valence-corrected chi connectivity index (χ1v) is 7.50. The Balaban J connectivity index is 2.05. The van der Waals surface area contributed by atoms with Gasteiger partial charge in [0.15, 0.2) is 5.13 Å². The van der Waals surface area contributed by atoms with E-state index in [0.717, 1.165) is 17.5 Å². The number of amides is 1. The molecular weight excluding hydrogens is 316 g/mol. The van der Waals surface area contributed by atoms with Gasteiger partial charge in [0.05, 0.1) is 10.4 Å². The second kappa shape index (κ2) is 6.57. The van der Waals surface area contributed by atoms with Crippen LogP contribution in [0.2, 0.25) is 0 Å². The predicted molar refractivity (Wildman–Crippen MR) is 75.0 cm³/mol. The van der Waals surface area contributed by atoms with Gasteiger partial charge in [0, 0.05) is 12.5 Å². The van der Waals surface area contributed by atoms with E-state index in [-0.39, 0.29) is 9.34 Å². The van der Waals surface area contributed by atoms with Gasteiger partial charge in [-0.1, -0.05) is 11.3 Å². The van der Waals surface area contributed by atoms with Gasteiger partial charge in [0.25, 0.3) is 5.91 Å². The van der Waals surface area contributed by atoms with Gasteiger partial charge in [-0.2, -0.15) is 0 Å². The minimum absolute atomic E-state index is 0.0375. The quantitative estimate of drug-likeness (QED) is 0.519. The number of nitrogens with zero attached hydrogens (tertiary/aromatic N) is 1. The van der Waals surface area contributed by atoms with Gasteiger partial charge in [-0.3, -0.25) is 19.1 Å². The molecule has 7 nitrogen and oxygen atoms in total. The summed E-state index contributed by atoms with van der Waals surface area (Å²) in [5, 5.41) is 2.66. The molecule has 1 heterocycles. The van der Waals surface area contributed by atoms with Crippen molar-refractivity contribution in [2.75, 3.05) is 5.32 Å². The Kier molecular flexibility index (Phi) is 4.78. The Morgan fingerprint density at radius 2 is 2.00 bits per heavy atom. The highest BCUT2D eigenvalue weighted by Gasteiger charge is 2.10. The second-order valence-corrected chi connectivity index (χ2v) is 5.99. The van der Waals surface area contributed by atoms with Crippen LogP contribution in [0.3, 0.4) is 0 Å². The van der Waals surface area contributed by atoms with Crippen molar-refractivity contribution in [1.82, 2.24) is 4.98 Å². The van der Waals surface area contributed by atoms with Gasteiger partial charge in [-0.25, -0.2) is 4.98 Å². The predicted octanol–water partition coefficient (Wildman–Crippen LogP) is 1.56. The second-order valence-electron chi connectivity index (χ2n) is 3.79. The van der Waals surface area contributed by atoms with E-state index < -0.39 is 23.0 Å². The Labute approximate surface area is 126 Å². The molecule has 1 amide bonds. The van der Waals surface area contributed by atoms with Gasteiger partial charge in [-0.15, -0.1) is 0 Å². The molecule has 0 aliphatic carbocycles. The number of hydrogen-bond acceptors (Lipinski definition) is 7. The molecule has 0 saturated carbocycles. The number of carbonyl (C=O) groups is 2. The highest BCUT2D eigenvalue weighted by molar-refractivity contribution is 7.81. The molecular formula is C12H9N2O5S2-. The number of benzene rings is 1. The standard InChI is InChI=1S/C12H10N2O5S2/c1-7(15)19-9-4-2-8(3-5-9)11(16)14-12-13-6-10(20-12)21(17)18/h2-6H,1H3,(H,17,18)(H,13,14,16)/p-1. The number of anilines is 1. The van der Waals surface area contributed by atoms with Crippen molar-refractivity contribution < 1.29 is 23.1 Å². The zero-order chi connectivity index (χ0) is 15.4. The largest absolute Gasteiger partial charge is 0.768 e. The van der Waals surface area contributed by atoms with Crippen LogP contribution in [0.4, 0.5) is 5.13 Å². The van der Waals surface area contributed by atoms with Crippen LogP contribution in [-0.2, 0) is 15.9 Å². The van der Waals surface area contributed by atoms with Crippen LogP contribution in [0.5, 0.6) is 5.75 Å². The Morgan fingerprint density at radius 3 is 2.52 bits per heavy atom. The lowest BCUT2D eigenvalue weighted by molar-refractivity contribution is -0.131. The van der Waals surface area contributed by atoms with Crippen molar-refractivity contribution in [2.45, 2.75) is 11.1 Å². The average molecular weight is 325 g/mol. The first-order chi connectivity index (χ1) is 9.95. The molecule has 110 valence electrons. The van der Waals surface area contributed by atoms with E-state index in [4.69, 9.17) is 4.74 Å². The molecule has 0 aliphatic heterocycles. The zero-order valence-corrected chi connectivity index (χ0v) is 12.3. The molecule has 2 rings (SSSR count). The third-order valence-electron chi connectivity index (χ3n) is 2.25. The van der Waals surface area contributed by atoms with Crippen LogP contribution in [0.1, 0.15) is 17.3 Å². The maximum Gasteiger partial charge on any atom is 0.308 e. The lowest BCUT2D eigenvalue weighted by Crippen LogP contribution is -2.11. The summed E-state index contributed by atoms with van der Waals surface area (Å²) in [5.41, 5.74) is 0.325. The van der Waals surface area contributed by atoms with Gasteiger partial charge in [-0.05, 0) is 35.3 Å². The zero-order valence-electron chi connectivity index (χ0n) is 10.7.